The lowest BCUT2D eigenvalue weighted by Gasteiger charge is -2.11. The van der Waals surface area contributed by atoms with Gasteiger partial charge < -0.3 is 14.8 Å². The van der Waals surface area contributed by atoms with Crippen molar-refractivity contribution in [3.63, 3.8) is 0 Å². The fraction of sp³-hybridized carbons (Fsp3) is 0.250. The summed E-state index contributed by atoms with van der Waals surface area (Å²) in [5, 5.41) is 11.2. The Morgan fingerprint density at radius 3 is 2.73 bits per heavy atom. The van der Waals surface area contributed by atoms with Crippen LogP contribution in [-0.2, 0) is 11.2 Å². The van der Waals surface area contributed by atoms with Gasteiger partial charge in [-0.25, -0.2) is 0 Å². The molecule has 0 saturated carbocycles. The van der Waals surface area contributed by atoms with Crippen molar-refractivity contribution in [2.75, 3.05) is 6.54 Å². The van der Waals surface area contributed by atoms with Crippen LogP contribution < -0.4 is 5.32 Å². The average molecular weight is 319 g/mol. The highest BCUT2D eigenvalue weighted by molar-refractivity contribution is 8.00. The molecule has 0 spiro atoms. The molecule has 0 aliphatic rings. The Labute approximate surface area is 132 Å². The lowest BCUT2D eigenvalue weighted by atomic mass is 10.2. The molecule has 6 heteroatoms. The number of furan rings is 1. The van der Waals surface area contributed by atoms with Crippen molar-refractivity contribution in [2.45, 2.75) is 23.5 Å². The topological polar surface area (TPSA) is 79.5 Å². The van der Waals surface area contributed by atoms with Gasteiger partial charge in [0.15, 0.2) is 0 Å². The van der Waals surface area contributed by atoms with E-state index in [1.165, 1.54) is 0 Å². The number of hydrogen-bond donors (Lipinski definition) is 2. The number of amides is 1. The third-order valence-corrected chi connectivity index (χ3v) is 4.19. The van der Waals surface area contributed by atoms with Crippen molar-refractivity contribution in [2.24, 2.45) is 0 Å². The molecule has 0 radical (unpaired) electrons. The third kappa shape index (κ3) is 4.39. The van der Waals surface area contributed by atoms with Crippen LogP contribution in [0.5, 0.6) is 0 Å². The van der Waals surface area contributed by atoms with E-state index in [9.17, 15) is 9.59 Å². The first-order valence-electron chi connectivity index (χ1n) is 6.87. The van der Waals surface area contributed by atoms with Crippen LogP contribution in [0.3, 0.4) is 0 Å². The van der Waals surface area contributed by atoms with Crippen LogP contribution in [0.1, 0.15) is 23.0 Å². The molecule has 1 aromatic carbocycles. The number of thioether (sulfide) groups is 1. The zero-order valence-corrected chi connectivity index (χ0v) is 12.9. The minimum Gasteiger partial charge on any atom is -0.480 e. The highest BCUT2D eigenvalue weighted by atomic mass is 32.2. The lowest BCUT2D eigenvalue weighted by Crippen LogP contribution is -2.26. The first-order chi connectivity index (χ1) is 10.6. The smallest absolute Gasteiger partial charge is 0.316 e. The second-order valence-electron chi connectivity index (χ2n) is 4.68. The van der Waals surface area contributed by atoms with E-state index >= 15 is 0 Å². The molecule has 1 amide bonds. The monoisotopic (exact) mass is 319 g/mol. The van der Waals surface area contributed by atoms with Gasteiger partial charge >= 0.3 is 5.97 Å². The van der Waals surface area contributed by atoms with Crippen LogP contribution in [0.2, 0.25) is 0 Å². The van der Waals surface area contributed by atoms with Gasteiger partial charge in [-0.2, -0.15) is 0 Å². The van der Waals surface area contributed by atoms with Crippen LogP contribution in [0.15, 0.2) is 52.0 Å². The summed E-state index contributed by atoms with van der Waals surface area (Å²) in [5.74, 6) is -0.312. The maximum absolute atomic E-state index is 12.2. The molecular formula is C16H17NO4S. The van der Waals surface area contributed by atoms with Crippen molar-refractivity contribution in [3.05, 3.63) is 54.0 Å². The average Bonchev–Trinajstić information content (AvgIpc) is 3.00. The zero-order valence-electron chi connectivity index (χ0n) is 12.1. The lowest BCUT2D eigenvalue weighted by molar-refractivity contribution is -0.136. The Hall–Kier alpha value is -2.21. The molecule has 5 nitrogen and oxygen atoms in total. The summed E-state index contributed by atoms with van der Waals surface area (Å²) in [5.41, 5.74) is 0.486. The van der Waals surface area contributed by atoms with Gasteiger partial charge in [-0.15, -0.1) is 11.8 Å². The minimum atomic E-state index is -0.905. The first kappa shape index (κ1) is 16.2. The van der Waals surface area contributed by atoms with Crippen LogP contribution >= 0.6 is 11.8 Å². The number of carbonyl (C=O) groups is 2. The van der Waals surface area contributed by atoms with Gasteiger partial charge in [0, 0.05) is 17.9 Å². The maximum atomic E-state index is 12.2. The molecule has 1 atom stereocenters. The summed E-state index contributed by atoms with van der Waals surface area (Å²) >= 11 is 1.16. The molecule has 0 saturated heterocycles. The second kappa shape index (κ2) is 7.70. The molecule has 0 fully saturated rings. The van der Waals surface area contributed by atoms with Gasteiger partial charge in [-0.3, -0.25) is 9.59 Å². The Morgan fingerprint density at radius 1 is 1.27 bits per heavy atom. The van der Waals surface area contributed by atoms with Gasteiger partial charge in [-0.1, -0.05) is 12.1 Å². The van der Waals surface area contributed by atoms with Crippen LogP contribution in [-0.4, -0.2) is 28.8 Å². The van der Waals surface area contributed by atoms with Crippen LogP contribution in [0, 0.1) is 0 Å². The Kier molecular flexibility index (Phi) is 5.66. The molecule has 2 aromatic rings. The SMILES string of the molecule is CC(Sc1ccccc1C(=O)NCCc1ccco1)C(=O)O. The summed E-state index contributed by atoms with van der Waals surface area (Å²) < 4.78 is 5.20. The van der Waals surface area contributed by atoms with E-state index in [-0.39, 0.29) is 5.91 Å². The quantitative estimate of drug-likeness (QED) is 0.767. The molecule has 2 rings (SSSR count). The van der Waals surface area contributed by atoms with E-state index in [1.807, 2.05) is 6.07 Å². The van der Waals surface area contributed by atoms with Crippen LogP contribution in [0.25, 0.3) is 0 Å². The Bertz CT molecular complexity index is 639. The molecule has 1 unspecified atom stereocenters. The molecule has 1 aromatic heterocycles. The minimum absolute atomic E-state index is 0.216. The largest absolute Gasteiger partial charge is 0.480 e. The molecule has 116 valence electrons. The highest BCUT2D eigenvalue weighted by Crippen LogP contribution is 2.26. The van der Waals surface area contributed by atoms with E-state index in [4.69, 9.17) is 9.52 Å². The van der Waals surface area contributed by atoms with Gasteiger partial charge in [0.05, 0.1) is 11.8 Å². The normalized spacial score (nSPS) is 11.9. The molecule has 0 aliphatic heterocycles. The van der Waals surface area contributed by atoms with Crippen molar-refractivity contribution in [3.8, 4) is 0 Å². The van der Waals surface area contributed by atoms with Crippen LogP contribution in [0.4, 0.5) is 0 Å². The van der Waals surface area contributed by atoms with Crippen molar-refractivity contribution < 1.29 is 19.1 Å². The van der Waals surface area contributed by atoms with E-state index in [2.05, 4.69) is 5.32 Å². The van der Waals surface area contributed by atoms with Gasteiger partial charge in [0.2, 0.25) is 0 Å². The maximum Gasteiger partial charge on any atom is 0.316 e. The summed E-state index contributed by atoms with van der Waals surface area (Å²) in [6.07, 6.45) is 2.20. The fourth-order valence-electron chi connectivity index (χ4n) is 1.85. The number of carboxylic acid groups (broad SMARTS) is 1. The number of aliphatic carboxylic acids is 1. The number of carboxylic acids is 1. The number of carbonyl (C=O) groups excluding carboxylic acids is 1. The van der Waals surface area contributed by atoms with Crippen molar-refractivity contribution >= 4 is 23.6 Å². The second-order valence-corrected chi connectivity index (χ2v) is 6.06. The highest BCUT2D eigenvalue weighted by Gasteiger charge is 2.17. The predicted molar refractivity (Wildman–Crippen MR) is 84.1 cm³/mol. The molecule has 22 heavy (non-hydrogen) atoms. The number of rotatable bonds is 7. The molecule has 2 N–H and O–H groups in total. The number of benzene rings is 1. The van der Waals surface area contributed by atoms with Crippen molar-refractivity contribution in [1.29, 1.82) is 0 Å². The Balaban J connectivity index is 1.98. The molecule has 1 heterocycles. The van der Waals surface area contributed by atoms with Gasteiger partial charge in [0.1, 0.15) is 11.0 Å². The number of nitrogens with one attached hydrogen (secondary N) is 1. The summed E-state index contributed by atoms with van der Waals surface area (Å²) in [6, 6.07) is 10.7. The summed E-state index contributed by atoms with van der Waals surface area (Å²) in [6.45, 7) is 2.05. The molecule has 0 aliphatic carbocycles. The van der Waals surface area contributed by atoms with Gasteiger partial charge in [0.25, 0.3) is 5.91 Å². The van der Waals surface area contributed by atoms with Gasteiger partial charge in [-0.05, 0) is 31.2 Å². The summed E-state index contributed by atoms with van der Waals surface area (Å²) in [7, 11) is 0. The number of hydrogen-bond acceptors (Lipinski definition) is 4. The van der Waals surface area contributed by atoms with E-state index < -0.39 is 11.2 Å². The first-order valence-corrected chi connectivity index (χ1v) is 7.75. The van der Waals surface area contributed by atoms with E-state index in [1.54, 1.807) is 43.5 Å². The Morgan fingerprint density at radius 2 is 2.05 bits per heavy atom. The fourth-order valence-corrected chi connectivity index (χ4v) is 2.77. The van der Waals surface area contributed by atoms with E-state index in [0.717, 1.165) is 17.5 Å². The van der Waals surface area contributed by atoms with E-state index in [0.29, 0.717) is 23.4 Å². The van der Waals surface area contributed by atoms with Crippen molar-refractivity contribution in [1.82, 2.24) is 5.32 Å². The standard InChI is InChI=1S/C16H17NO4S/c1-11(16(19)20)22-14-7-3-2-6-13(14)15(18)17-9-8-12-5-4-10-21-12/h2-7,10-11H,8-9H2,1H3,(H,17,18)(H,19,20). The third-order valence-electron chi connectivity index (χ3n) is 3.02. The predicted octanol–water partition coefficient (Wildman–Crippen LogP) is 2.82. The summed E-state index contributed by atoms with van der Waals surface area (Å²) in [4.78, 5) is 23.9. The molecule has 0 bridgehead atoms. The zero-order chi connectivity index (χ0) is 15.9. The molecular weight excluding hydrogens is 302 g/mol.